The summed E-state index contributed by atoms with van der Waals surface area (Å²) < 4.78 is 0. The second-order valence-corrected chi connectivity index (χ2v) is 6.08. The molecule has 0 bridgehead atoms. The third kappa shape index (κ3) is 2.62. The monoisotopic (exact) mass is 250 g/mol. The van der Waals surface area contributed by atoms with Gasteiger partial charge in [-0.05, 0) is 42.9 Å². The summed E-state index contributed by atoms with van der Waals surface area (Å²) in [5, 5.41) is 10.9. The highest BCUT2D eigenvalue weighted by atomic mass is 32.2. The fraction of sp³-hybridized carbons (Fsp3) is 0.600. The van der Waals surface area contributed by atoms with Crippen LogP contribution in [0.15, 0.2) is 18.2 Å². The van der Waals surface area contributed by atoms with Gasteiger partial charge >= 0.3 is 0 Å². The Balaban J connectivity index is 2.31. The number of aromatic hydroxyl groups is 1. The van der Waals surface area contributed by atoms with Gasteiger partial charge in [-0.3, -0.25) is 0 Å². The Bertz CT molecular complexity index is 360. The van der Waals surface area contributed by atoms with Crippen LogP contribution in [-0.4, -0.2) is 11.4 Å². The molecule has 1 aliphatic carbocycles. The molecule has 0 amide bonds. The summed E-state index contributed by atoms with van der Waals surface area (Å²) in [6, 6.07) is 6.26. The molecule has 1 aromatic rings. The first-order valence-corrected chi connectivity index (χ1v) is 7.82. The molecule has 0 aromatic heterocycles. The first kappa shape index (κ1) is 12.8. The summed E-state index contributed by atoms with van der Waals surface area (Å²) >= 11 is 1.82. The smallest absolute Gasteiger partial charge is 0.123 e. The molecular weight excluding hydrogens is 228 g/mol. The maximum Gasteiger partial charge on any atom is 0.123 e. The average molecular weight is 250 g/mol. The van der Waals surface area contributed by atoms with E-state index in [4.69, 9.17) is 0 Å². The summed E-state index contributed by atoms with van der Waals surface area (Å²) in [4.78, 5) is 0. The van der Waals surface area contributed by atoms with E-state index in [2.05, 4.69) is 38.3 Å². The summed E-state index contributed by atoms with van der Waals surface area (Å²) in [5.74, 6) is 1.85. The van der Waals surface area contributed by atoms with Gasteiger partial charge in [0.25, 0.3) is 0 Å². The van der Waals surface area contributed by atoms with Crippen molar-refractivity contribution in [2.75, 3.05) is 6.26 Å². The van der Waals surface area contributed by atoms with Crippen LogP contribution in [0.5, 0.6) is 5.75 Å². The SMILES string of the molecule is CCC(SC)c1cccc(C(C)C2CC2)c1O. The first-order chi connectivity index (χ1) is 8.19. The zero-order valence-electron chi connectivity index (χ0n) is 10.9. The van der Waals surface area contributed by atoms with E-state index in [1.807, 2.05) is 11.8 Å². The summed E-state index contributed by atoms with van der Waals surface area (Å²) in [5.41, 5.74) is 2.27. The number of hydrogen-bond donors (Lipinski definition) is 1. The predicted molar refractivity (Wildman–Crippen MR) is 75.8 cm³/mol. The van der Waals surface area contributed by atoms with Gasteiger partial charge in [0.1, 0.15) is 5.75 Å². The molecule has 1 fully saturated rings. The summed E-state index contributed by atoms with van der Waals surface area (Å²) in [7, 11) is 0. The Morgan fingerprint density at radius 3 is 2.53 bits per heavy atom. The van der Waals surface area contributed by atoms with E-state index < -0.39 is 0 Å². The topological polar surface area (TPSA) is 20.2 Å². The average Bonchev–Trinajstić information content (AvgIpc) is 3.16. The number of rotatable bonds is 5. The summed E-state index contributed by atoms with van der Waals surface area (Å²) in [6.45, 7) is 4.42. The third-order valence-corrected chi connectivity index (χ3v) is 5.08. The van der Waals surface area contributed by atoms with Gasteiger partial charge in [-0.25, -0.2) is 0 Å². The molecule has 17 heavy (non-hydrogen) atoms. The van der Waals surface area contributed by atoms with E-state index in [1.54, 1.807) is 0 Å². The first-order valence-electron chi connectivity index (χ1n) is 6.53. The number of benzene rings is 1. The van der Waals surface area contributed by atoms with Crippen molar-refractivity contribution >= 4 is 11.8 Å². The molecule has 1 aromatic carbocycles. The molecule has 1 saturated carbocycles. The normalized spacial score (nSPS) is 19.0. The van der Waals surface area contributed by atoms with Gasteiger partial charge in [0.2, 0.25) is 0 Å². The quantitative estimate of drug-likeness (QED) is 0.816. The van der Waals surface area contributed by atoms with Gasteiger partial charge < -0.3 is 5.11 Å². The molecule has 0 aliphatic heterocycles. The largest absolute Gasteiger partial charge is 0.507 e. The molecule has 1 N–H and O–H groups in total. The lowest BCUT2D eigenvalue weighted by atomic mass is 9.92. The number of para-hydroxylation sites is 1. The predicted octanol–water partition coefficient (Wildman–Crippen LogP) is 4.72. The molecule has 0 heterocycles. The highest BCUT2D eigenvalue weighted by Crippen LogP contribution is 2.47. The minimum absolute atomic E-state index is 0.418. The highest BCUT2D eigenvalue weighted by Gasteiger charge is 2.31. The molecule has 1 aliphatic rings. The van der Waals surface area contributed by atoms with Crippen LogP contribution >= 0.6 is 11.8 Å². The Morgan fingerprint density at radius 1 is 1.35 bits per heavy atom. The van der Waals surface area contributed by atoms with Crippen LogP contribution in [0.1, 0.15) is 55.4 Å². The Kier molecular flexibility index (Phi) is 4.03. The van der Waals surface area contributed by atoms with Crippen molar-refractivity contribution in [3.63, 3.8) is 0 Å². The van der Waals surface area contributed by atoms with E-state index in [0.717, 1.165) is 23.5 Å². The molecule has 0 saturated heterocycles. The summed E-state index contributed by atoms with van der Waals surface area (Å²) in [6.07, 6.45) is 5.83. The number of phenols is 1. The maximum absolute atomic E-state index is 10.5. The van der Waals surface area contributed by atoms with Gasteiger partial charge in [-0.2, -0.15) is 11.8 Å². The fourth-order valence-electron chi connectivity index (χ4n) is 2.57. The molecule has 2 rings (SSSR count). The number of hydrogen-bond acceptors (Lipinski definition) is 2. The maximum atomic E-state index is 10.5. The van der Waals surface area contributed by atoms with Gasteiger partial charge in [0, 0.05) is 10.8 Å². The van der Waals surface area contributed by atoms with Crippen LogP contribution in [0.2, 0.25) is 0 Å². The molecular formula is C15H22OS. The van der Waals surface area contributed by atoms with E-state index in [9.17, 15) is 5.11 Å². The molecule has 1 nitrogen and oxygen atoms in total. The van der Waals surface area contributed by atoms with E-state index >= 15 is 0 Å². The van der Waals surface area contributed by atoms with Gasteiger partial charge in [-0.15, -0.1) is 0 Å². The molecule has 2 heteroatoms. The number of thioether (sulfide) groups is 1. The van der Waals surface area contributed by atoms with Gasteiger partial charge in [0.15, 0.2) is 0 Å². The Morgan fingerprint density at radius 2 is 2.00 bits per heavy atom. The van der Waals surface area contributed by atoms with Crippen molar-refractivity contribution < 1.29 is 5.11 Å². The zero-order chi connectivity index (χ0) is 12.4. The second kappa shape index (κ2) is 5.34. The molecule has 2 unspecified atom stereocenters. The van der Waals surface area contributed by atoms with Crippen LogP contribution < -0.4 is 0 Å². The standard InChI is InChI=1S/C15H22OS/c1-4-14(17-3)13-7-5-6-12(15(13)16)10(2)11-8-9-11/h5-7,10-11,14,16H,4,8-9H2,1-3H3. The fourth-order valence-corrected chi connectivity index (χ4v) is 3.35. The third-order valence-electron chi connectivity index (χ3n) is 3.92. The molecule has 2 atom stereocenters. The van der Waals surface area contributed by atoms with E-state index in [1.165, 1.54) is 12.8 Å². The Hall–Kier alpha value is -0.630. The zero-order valence-corrected chi connectivity index (χ0v) is 11.8. The van der Waals surface area contributed by atoms with Crippen LogP contribution in [0.4, 0.5) is 0 Å². The van der Waals surface area contributed by atoms with Crippen molar-refractivity contribution in [1.29, 1.82) is 0 Å². The van der Waals surface area contributed by atoms with Crippen molar-refractivity contribution in [2.45, 2.75) is 44.3 Å². The lowest BCUT2D eigenvalue weighted by Crippen LogP contribution is -2.00. The van der Waals surface area contributed by atoms with Crippen molar-refractivity contribution in [3.05, 3.63) is 29.3 Å². The number of phenolic OH excluding ortho intramolecular Hbond substituents is 1. The van der Waals surface area contributed by atoms with E-state index in [-0.39, 0.29) is 0 Å². The second-order valence-electron chi connectivity index (χ2n) is 5.04. The lowest BCUT2D eigenvalue weighted by molar-refractivity contribution is 0.451. The van der Waals surface area contributed by atoms with Gasteiger partial charge in [0.05, 0.1) is 0 Å². The highest BCUT2D eigenvalue weighted by molar-refractivity contribution is 7.98. The van der Waals surface area contributed by atoms with Crippen LogP contribution in [0.25, 0.3) is 0 Å². The minimum Gasteiger partial charge on any atom is -0.507 e. The van der Waals surface area contributed by atoms with Crippen molar-refractivity contribution in [1.82, 2.24) is 0 Å². The molecule has 0 radical (unpaired) electrons. The van der Waals surface area contributed by atoms with Crippen molar-refractivity contribution in [2.24, 2.45) is 5.92 Å². The minimum atomic E-state index is 0.418. The van der Waals surface area contributed by atoms with E-state index in [0.29, 0.717) is 16.9 Å². The Labute approximate surface area is 109 Å². The van der Waals surface area contributed by atoms with Crippen LogP contribution in [-0.2, 0) is 0 Å². The van der Waals surface area contributed by atoms with Crippen LogP contribution in [0.3, 0.4) is 0 Å². The van der Waals surface area contributed by atoms with Gasteiger partial charge in [-0.1, -0.05) is 32.0 Å². The molecule has 0 spiro atoms. The van der Waals surface area contributed by atoms with Crippen molar-refractivity contribution in [3.8, 4) is 5.75 Å². The van der Waals surface area contributed by atoms with Crippen LogP contribution in [0, 0.1) is 5.92 Å². The molecule has 94 valence electrons. The lowest BCUT2D eigenvalue weighted by Gasteiger charge is -2.19.